The van der Waals surface area contributed by atoms with Gasteiger partial charge in [-0.15, -0.1) is 0 Å². The van der Waals surface area contributed by atoms with E-state index in [0.29, 0.717) is 0 Å². The Morgan fingerprint density at radius 3 is 1.40 bits per heavy atom. The molecule has 0 bridgehead atoms. The Labute approximate surface area is 95.0 Å². The van der Waals surface area contributed by atoms with Gasteiger partial charge in [-0.1, -0.05) is 25.7 Å². The van der Waals surface area contributed by atoms with Crippen LogP contribution in [0.15, 0.2) is 0 Å². The lowest BCUT2D eigenvalue weighted by Crippen LogP contribution is -2.42. The van der Waals surface area contributed by atoms with Crippen LogP contribution in [-0.2, 0) is 0 Å². The second kappa shape index (κ2) is 5.34. The SMILES string of the molecule is CC(NC(C)C1CCCC1)C1CCCC1. The Bertz CT molecular complexity index is 158. The molecular formula is C14H27N. The maximum Gasteiger partial charge on any atom is 0.00695 e. The van der Waals surface area contributed by atoms with Crippen LogP contribution >= 0.6 is 0 Å². The molecule has 88 valence electrons. The van der Waals surface area contributed by atoms with E-state index in [0.717, 1.165) is 23.9 Å². The van der Waals surface area contributed by atoms with E-state index in [9.17, 15) is 0 Å². The van der Waals surface area contributed by atoms with E-state index in [-0.39, 0.29) is 0 Å². The fraction of sp³-hybridized carbons (Fsp3) is 1.00. The monoisotopic (exact) mass is 209 g/mol. The zero-order valence-corrected chi connectivity index (χ0v) is 10.5. The Morgan fingerprint density at radius 2 is 1.07 bits per heavy atom. The van der Waals surface area contributed by atoms with Crippen LogP contribution in [0.3, 0.4) is 0 Å². The summed E-state index contributed by atoms with van der Waals surface area (Å²) in [6.45, 7) is 4.81. The molecule has 0 aromatic carbocycles. The molecule has 0 aliphatic heterocycles. The third kappa shape index (κ3) is 2.96. The molecule has 15 heavy (non-hydrogen) atoms. The molecule has 0 aromatic rings. The Hall–Kier alpha value is -0.0400. The lowest BCUT2D eigenvalue weighted by Gasteiger charge is -2.28. The highest BCUT2D eigenvalue weighted by Crippen LogP contribution is 2.30. The van der Waals surface area contributed by atoms with Gasteiger partial charge in [0.2, 0.25) is 0 Å². The largest absolute Gasteiger partial charge is 0.311 e. The predicted octanol–water partition coefficient (Wildman–Crippen LogP) is 3.73. The minimum atomic E-state index is 0.753. The lowest BCUT2D eigenvalue weighted by atomic mass is 9.95. The third-order valence-corrected chi connectivity index (χ3v) is 4.74. The van der Waals surface area contributed by atoms with Crippen LogP contribution < -0.4 is 5.32 Å². The van der Waals surface area contributed by atoms with E-state index >= 15 is 0 Å². The Kier molecular flexibility index (Phi) is 4.07. The van der Waals surface area contributed by atoms with Crippen molar-refractivity contribution in [2.75, 3.05) is 0 Å². The number of hydrogen-bond donors (Lipinski definition) is 1. The maximum atomic E-state index is 3.86. The fourth-order valence-electron chi connectivity index (χ4n) is 3.60. The van der Waals surface area contributed by atoms with Crippen molar-refractivity contribution in [2.45, 2.75) is 77.3 Å². The summed E-state index contributed by atoms with van der Waals surface area (Å²) in [6.07, 6.45) is 11.7. The van der Waals surface area contributed by atoms with E-state index in [1.807, 2.05) is 0 Å². The molecule has 2 aliphatic carbocycles. The van der Waals surface area contributed by atoms with Gasteiger partial charge in [-0.3, -0.25) is 0 Å². The van der Waals surface area contributed by atoms with Gasteiger partial charge in [0.1, 0.15) is 0 Å². The van der Waals surface area contributed by atoms with Crippen LogP contribution in [0.5, 0.6) is 0 Å². The predicted molar refractivity (Wildman–Crippen MR) is 66.0 cm³/mol. The molecule has 2 rings (SSSR count). The summed E-state index contributed by atoms with van der Waals surface area (Å²) < 4.78 is 0. The van der Waals surface area contributed by atoms with Crippen LogP contribution in [0.4, 0.5) is 0 Å². The maximum absolute atomic E-state index is 3.86. The first-order valence-corrected chi connectivity index (χ1v) is 7.03. The summed E-state index contributed by atoms with van der Waals surface area (Å²) in [5.74, 6) is 1.93. The topological polar surface area (TPSA) is 12.0 Å². The highest BCUT2D eigenvalue weighted by molar-refractivity contribution is 4.83. The molecular weight excluding hydrogens is 182 g/mol. The van der Waals surface area contributed by atoms with Gasteiger partial charge in [-0.25, -0.2) is 0 Å². The van der Waals surface area contributed by atoms with Crippen LogP contribution in [0.1, 0.15) is 65.2 Å². The lowest BCUT2D eigenvalue weighted by molar-refractivity contribution is 0.295. The zero-order chi connectivity index (χ0) is 10.7. The Balaban J connectivity index is 1.74. The minimum absolute atomic E-state index is 0.753. The fourth-order valence-corrected chi connectivity index (χ4v) is 3.60. The molecule has 2 aliphatic rings. The summed E-state index contributed by atoms with van der Waals surface area (Å²) in [4.78, 5) is 0. The van der Waals surface area contributed by atoms with Crippen LogP contribution in [0.2, 0.25) is 0 Å². The molecule has 1 heteroatoms. The quantitative estimate of drug-likeness (QED) is 0.744. The van der Waals surface area contributed by atoms with Gasteiger partial charge in [0.05, 0.1) is 0 Å². The van der Waals surface area contributed by atoms with E-state index < -0.39 is 0 Å². The first-order chi connectivity index (χ1) is 7.27. The van der Waals surface area contributed by atoms with Gasteiger partial charge in [-0.2, -0.15) is 0 Å². The normalized spacial score (nSPS) is 28.4. The molecule has 0 radical (unpaired) electrons. The molecule has 0 aromatic heterocycles. The summed E-state index contributed by atoms with van der Waals surface area (Å²) in [5.41, 5.74) is 0. The molecule has 0 saturated heterocycles. The second-order valence-corrected chi connectivity index (χ2v) is 5.83. The molecule has 0 heterocycles. The molecule has 0 amide bonds. The van der Waals surface area contributed by atoms with Crippen molar-refractivity contribution in [2.24, 2.45) is 11.8 Å². The van der Waals surface area contributed by atoms with Gasteiger partial charge in [0, 0.05) is 12.1 Å². The van der Waals surface area contributed by atoms with Crippen molar-refractivity contribution in [1.29, 1.82) is 0 Å². The summed E-state index contributed by atoms with van der Waals surface area (Å²) in [5, 5.41) is 3.86. The van der Waals surface area contributed by atoms with E-state index in [1.165, 1.54) is 51.4 Å². The van der Waals surface area contributed by atoms with Gasteiger partial charge in [-0.05, 0) is 51.4 Å². The molecule has 2 saturated carbocycles. The highest BCUT2D eigenvalue weighted by Gasteiger charge is 2.26. The van der Waals surface area contributed by atoms with Crippen molar-refractivity contribution >= 4 is 0 Å². The molecule has 2 fully saturated rings. The van der Waals surface area contributed by atoms with Crippen molar-refractivity contribution in [3.8, 4) is 0 Å². The standard InChI is InChI=1S/C14H27N/c1-11(13-7-3-4-8-13)15-12(2)14-9-5-6-10-14/h11-15H,3-10H2,1-2H3. The van der Waals surface area contributed by atoms with E-state index in [2.05, 4.69) is 19.2 Å². The molecule has 2 atom stereocenters. The first-order valence-electron chi connectivity index (χ1n) is 7.03. The highest BCUT2D eigenvalue weighted by atomic mass is 15.0. The van der Waals surface area contributed by atoms with Crippen LogP contribution in [0, 0.1) is 11.8 Å². The van der Waals surface area contributed by atoms with Crippen LogP contribution in [-0.4, -0.2) is 12.1 Å². The smallest absolute Gasteiger partial charge is 0.00695 e. The number of hydrogen-bond acceptors (Lipinski definition) is 1. The summed E-state index contributed by atoms with van der Waals surface area (Å²) in [6, 6.07) is 1.51. The molecule has 1 N–H and O–H groups in total. The zero-order valence-electron chi connectivity index (χ0n) is 10.5. The van der Waals surface area contributed by atoms with E-state index in [4.69, 9.17) is 0 Å². The first kappa shape index (κ1) is 11.4. The third-order valence-electron chi connectivity index (χ3n) is 4.74. The second-order valence-electron chi connectivity index (χ2n) is 5.83. The van der Waals surface area contributed by atoms with Gasteiger partial charge < -0.3 is 5.32 Å². The van der Waals surface area contributed by atoms with Crippen molar-refractivity contribution in [3.05, 3.63) is 0 Å². The van der Waals surface area contributed by atoms with Gasteiger partial charge >= 0.3 is 0 Å². The Morgan fingerprint density at radius 1 is 0.733 bits per heavy atom. The number of nitrogens with one attached hydrogen (secondary N) is 1. The van der Waals surface area contributed by atoms with E-state index in [1.54, 1.807) is 0 Å². The van der Waals surface area contributed by atoms with Gasteiger partial charge in [0.15, 0.2) is 0 Å². The van der Waals surface area contributed by atoms with Crippen LogP contribution in [0.25, 0.3) is 0 Å². The van der Waals surface area contributed by atoms with Crippen molar-refractivity contribution in [3.63, 3.8) is 0 Å². The minimum Gasteiger partial charge on any atom is -0.311 e. The molecule has 1 nitrogen and oxygen atoms in total. The number of rotatable bonds is 4. The average molecular weight is 209 g/mol. The summed E-state index contributed by atoms with van der Waals surface area (Å²) >= 11 is 0. The molecule has 0 spiro atoms. The molecule has 2 unspecified atom stereocenters. The van der Waals surface area contributed by atoms with Gasteiger partial charge in [0.25, 0.3) is 0 Å². The summed E-state index contributed by atoms with van der Waals surface area (Å²) in [7, 11) is 0. The average Bonchev–Trinajstić information content (AvgIpc) is 2.91. The van der Waals surface area contributed by atoms with Crippen molar-refractivity contribution in [1.82, 2.24) is 5.32 Å². The van der Waals surface area contributed by atoms with Crippen molar-refractivity contribution < 1.29 is 0 Å².